The lowest BCUT2D eigenvalue weighted by molar-refractivity contribution is -0.383. The summed E-state index contributed by atoms with van der Waals surface area (Å²) in [6.07, 6.45) is -29.8. The molecule has 0 aromatic rings. The second kappa shape index (κ2) is 13.5. The number of hydrogen-bond acceptors (Lipinski definition) is 18. The Morgan fingerprint density at radius 2 is 1.05 bits per heavy atom. The minimum atomic E-state index is -1.88. The summed E-state index contributed by atoms with van der Waals surface area (Å²) >= 11 is 0. The van der Waals surface area contributed by atoms with Crippen LogP contribution in [0.4, 0.5) is 0 Å². The zero-order chi connectivity index (χ0) is 30.3. The molecule has 19 atom stereocenters. The first-order valence-corrected chi connectivity index (χ1v) is 13.2. The maximum Gasteiger partial charge on any atom is 0.187 e. The molecule has 4 fully saturated rings. The van der Waals surface area contributed by atoms with E-state index in [0.29, 0.717) is 0 Å². The van der Waals surface area contributed by atoms with Crippen molar-refractivity contribution in [1.29, 1.82) is 0 Å². The highest BCUT2D eigenvalue weighted by Crippen LogP contribution is 2.33. The highest BCUT2D eigenvalue weighted by Gasteiger charge is 2.54. The molecule has 18 heteroatoms. The Morgan fingerprint density at radius 3 is 1.63 bits per heavy atom. The van der Waals surface area contributed by atoms with E-state index in [1.807, 2.05) is 0 Å². The smallest absolute Gasteiger partial charge is 0.187 e. The Labute approximate surface area is 233 Å². The first kappa shape index (κ1) is 33.2. The fourth-order valence-corrected chi connectivity index (χ4v) is 5.10. The molecule has 4 aliphatic heterocycles. The second-order valence-corrected chi connectivity index (χ2v) is 10.7. The van der Waals surface area contributed by atoms with E-state index in [-0.39, 0.29) is 6.61 Å². The third-order valence-electron chi connectivity index (χ3n) is 7.76. The van der Waals surface area contributed by atoms with E-state index >= 15 is 0 Å². The van der Waals surface area contributed by atoms with E-state index in [2.05, 4.69) is 0 Å². The standard InChI is InChI=1S/C23H40O18/c1-5-9(25)13(29)15(31)21(36-5)41-19-12(28)7(3-24)38-23(17(19)33)40-18-10(26)6(2)37-22(16(18)32)39-8-4-35-20(34)14(30)11(8)27/h5-34H,3-4H2,1-2H3/t5-,6-,7+,8+,9-,10-,11-,12+,13+,14+,15+,16+,17+,18+,19-,20+,21-,22-,23-/m0/s1. The molecule has 0 radical (unpaired) electrons. The van der Waals surface area contributed by atoms with Crippen molar-refractivity contribution < 1.29 is 89.3 Å². The largest absolute Gasteiger partial charge is 0.394 e. The molecule has 41 heavy (non-hydrogen) atoms. The van der Waals surface area contributed by atoms with E-state index in [4.69, 9.17) is 33.2 Å². The number of aliphatic hydroxyl groups is 11. The van der Waals surface area contributed by atoms with Crippen LogP contribution in [0.3, 0.4) is 0 Å². The molecule has 4 saturated heterocycles. The summed E-state index contributed by atoms with van der Waals surface area (Å²) in [6, 6.07) is 0. The van der Waals surface area contributed by atoms with Crippen molar-refractivity contribution in [1.82, 2.24) is 0 Å². The highest BCUT2D eigenvalue weighted by atomic mass is 16.8. The van der Waals surface area contributed by atoms with E-state index in [1.54, 1.807) is 0 Å². The molecule has 0 aromatic carbocycles. The molecule has 18 nitrogen and oxygen atoms in total. The van der Waals surface area contributed by atoms with Gasteiger partial charge in [-0.25, -0.2) is 0 Å². The lowest BCUT2D eigenvalue weighted by Gasteiger charge is -2.48. The van der Waals surface area contributed by atoms with Gasteiger partial charge >= 0.3 is 0 Å². The Bertz CT molecular complexity index is 838. The number of rotatable bonds is 7. The van der Waals surface area contributed by atoms with Gasteiger partial charge in [0.15, 0.2) is 25.2 Å². The predicted molar refractivity (Wildman–Crippen MR) is 125 cm³/mol. The molecular weight excluding hydrogens is 564 g/mol. The van der Waals surface area contributed by atoms with Crippen LogP contribution in [-0.4, -0.2) is 186 Å². The Kier molecular flexibility index (Phi) is 10.9. The van der Waals surface area contributed by atoms with Gasteiger partial charge in [-0.3, -0.25) is 0 Å². The summed E-state index contributed by atoms with van der Waals surface area (Å²) in [5.41, 5.74) is 0. The molecular formula is C23H40O18. The molecule has 240 valence electrons. The van der Waals surface area contributed by atoms with Crippen molar-refractivity contribution in [2.45, 2.75) is 131 Å². The number of ether oxygens (including phenoxy) is 7. The molecule has 11 N–H and O–H groups in total. The predicted octanol–water partition coefficient (Wildman–Crippen LogP) is -7.05. The van der Waals surface area contributed by atoms with Crippen LogP contribution in [0.5, 0.6) is 0 Å². The number of aliphatic hydroxyl groups excluding tert-OH is 11. The topological polar surface area (TPSA) is 287 Å². The minimum Gasteiger partial charge on any atom is -0.394 e. The van der Waals surface area contributed by atoms with E-state index in [9.17, 15) is 56.2 Å². The van der Waals surface area contributed by atoms with Crippen LogP contribution < -0.4 is 0 Å². The zero-order valence-corrected chi connectivity index (χ0v) is 22.2. The summed E-state index contributed by atoms with van der Waals surface area (Å²) in [4.78, 5) is 0. The summed E-state index contributed by atoms with van der Waals surface area (Å²) < 4.78 is 38.1. The fourth-order valence-electron chi connectivity index (χ4n) is 5.10. The maximum absolute atomic E-state index is 11.0. The molecule has 0 amide bonds. The van der Waals surface area contributed by atoms with Gasteiger partial charge in [-0.15, -0.1) is 0 Å². The van der Waals surface area contributed by atoms with E-state index < -0.39 is 123 Å². The third-order valence-corrected chi connectivity index (χ3v) is 7.76. The molecule has 4 heterocycles. The van der Waals surface area contributed by atoms with Crippen LogP contribution in [0.15, 0.2) is 0 Å². The molecule has 0 saturated carbocycles. The van der Waals surface area contributed by atoms with Gasteiger partial charge in [-0.1, -0.05) is 0 Å². The van der Waals surface area contributed by atoms with E-state index in [1.165, 1.54) is 13.8 Å². The summed E-state index contributed by atoms with van der Waals surface area (Å²) in [6.45, 7) is 1.62. The zero-order valence-electron chi connectivity index (χ0n) is 22.2. The quantitative estimate of drug-likeness (QED) is 0.129. The molecule has 0 spiro atoms. The van der Waals surface area contributed by atoms with Crippen LogP contribution in [0.25, 0.3) is 0 Å². The van der Waals surface area contributed by atoms with Crippen molar-refractivity contribution >= 4 is 0 Å². The van der Waals surface area contributed by atoms with Gasteiger partial charge in [0.1, 0.15) is 79.4 Å². The molecule has 4 rings (SSSR count). The normalized spacial score (nSPS) is 55.1. The van der Waals surface area contributed by atoms with Crippen LogP contribution >= 0.6 is 0 Å². The maximum atomic E-state index is 11.0. The van der Waals surface area contributed by atoms with Crippen LogP contribution in [0.2, 0.25) is 0 Å². The van der Waals surface area contributed by atoms with Crippen molar-refractivity contribution in [2.75, 3.05) is 13.2 Å². The van der Waals surface area contributed by atoms with Crippen molar-refractivity contribution in [3.8, 4) is 0 Å². The van der Waals surface area contributed by atoms with Gasteiger partial charge in [0, 0.05) is 0 Å². The van der Waals surface area contributed by atoms with Crippen LogP contribution in [0, 0.1) is 0 Å². The Hall–Kier alpha value is -0.720. The second-order valence-electron chi connectivity index (χ2n) is 10.7. The van der Waals surface area contributed by atoms with Crippen LogP contribution in [-0.2, 0) is 33.2 Å². The number of hydrogen-bond donors (Lipinski definition) is 11. The minimum absolute atomic E-state index is 0.382. The molecule has 4 aliphatic rings. The first-order valence-electron chi connectivity index (χ1n) is 13.2. The lowest BCUT2D eigenvalue weighted by atomic mass is 9.96. The third kappa shape index (κ3) is 6.70. The summed E-state index contributed by atoms with van der Waals surface area (Å²) in [5.74, 6) is 0. The highest BCUT2D eigenvalue weighted by molar-refractivity contribution is 4.96. The van der Waals surface area contributed by atoms with Crippen LogP contribution in [0.1, 0.15) is 13.8 Å². The lowest BCUT2D eigenvalue weighted by Crippen LogP contribution is -2.66. The summed E-state index contributed by atoms with van der Waals surface area (Å²) in [7, 11) is 0. The Morgan fingerprint density at radius 1 is 0.537 bits per heavy atom. The molecule has 0 aliphatic carbocycles. The average Bonchev–Trinajstić information content (AvgIpc) is 2.94. The fraction of sp³-hybridized carbons (Fsp3) is 1.00. The van der Waals surface area contributed by atoms with Gasteiger partial charge in [0.25, 0.3) is 0 Å². The van der Waals surface area contributed by atoms with Gasteiger partial charge in [0.05, 0.1) is 25.4 Å². The molecule has 0 unspecified atom stereocenters. The van der Waals surface area contributed by atoms with Gasteiger partial charge < -0.3 is 89.3 Å². The first-order chi connectivity index (χ1) is 19.3. The molecule has 0 bridgehead atoms. The monoisotopic (exact) mass is 604 g/mol. The Balaban J connectivity index is 1.48. The van der Waals surface area contributed by atoms with Crippen molar-refractivity contribution in [2.24, 2.45) is 0 Å². The van der Waals surface area contributed by atoms with Crippen molar-refractivity contribution in [3.63, 3.8) is 0 Å². The average molecular weight is 605 g/mol. The van der Waals surface area contributed by atoms with E-state index in [0.717, 1.165) is 0 Å². The van der Waals surface area contributed by atoms with Crippen molar-refractivity contribution in [3.05, 3.63) is 0 Å². The summed E-state index contributed by atoms with van der Waals surface area (Å²) in [5, 5.41) is 113. The SMILES string of the molecule is C[C@@H]1O[C@@H](O[C@@H]2[C@@H](O)[C@H](O[C@@H]3[C@@H](O)[C@H](C)O[C@@H](O[C@@H]4CO[C@@H](O)[C@H](O)[C@H]4O)[C@@H]3O)O[C@H](CO)[C@H]2O)[C@H](O)[C@H](O)[C@H]1O. The van der Waals surface area contributed by atoms with Gasteiger partial charge in [0.2, 0.25) is 0 Å². The van der Waals surface area contributed by atoms with Gasteiger partial charge in [-0.2, -0.15) is 0 Å². The van der Waals surface area contributed by atoms with Gasteiger partial charge in [-0.05, 0) is 13.8 Å². The molecule has 0 aromatic heterocycles.